The van der Waals surface area contributed by atoms with Gasteiger partial charge in [-0.05, 0) is 25.1 Å². The summed E-state index contributed by atoms with van der Waals surface area (Å²) in [5.74, 6) is 1.30. The van der Waals surface area contributed by atoms with Gasteiger partial charge >= 0.3 is 0 Å². The molecule has 0 spiro atoms. The number of amides is 1. The fourth-order valence-corrected chi connectivity index (χ4v) is 2.93. The zero-order valence-electron chi connectivity index (χ0n) is 14.0. The number of carbonyl (C=O) groups is 1. The van der Waals surface area contributed by atoms with Crippen LogP contribution in [-0.4, -0.2) is 51.7 Å². The van der Waals surface area contributed by atoms with Crippen LogP contribution in [0.25, 0.3) is 5.65 Å². The fraction of sp³-hybridized carbons (Fsp3) is 0.278. The SMILES string of the molecule is Cc1cc(C(=O)N(C)CC2COc3ccccc3O2)n2nccc2n1. The third kappa shape index (κ3) is 2.88. The molecule has 0 radical (unpaired) electrons. The number of fused-ring (bicyclic) bond motifs is 2. The predicted molar refractivity (Wildman–Crippen MR) is 91.0 cm³/mol. The monoisotopic (exact) mass is 338 g/mol. The highest BCUT2D eigenvalue weighted by Crippen LogP contribution is 2.31. The minimum absolute atomic E-state index is 0.137. The summed E-state index contributed by atoms with van der Waals surface area (Å²) in [5.41, 5.74) is 1.91. The first kappa shape index (κ1) is 15.4. The van der Waals surface area contributed by atoms with Gasteiger partial charge in [-0.3, -0.25) is 4.79 Å². The largest absolute Gasteiger partial charge is 0.486 e. The van der Waals surface area contributed by atoms with E-state index in [1.807, 2.05) is 31.2 Å². The van der Waals surface area contributed by atoms with Crippen LogP contribution in [0.3, 0.4) is 0 Å². The van der Waals surface area contributed by atoms with Crippen molar-refractivity contribution in [2.75, 3.05) is 20.2 Å². The zero-order valence-corrected chi connectivity index (χ0v) is 14.0. The van der Waals surface area contributed by atoms with Gasteiger partial charge in [0.15, 0.2) is 23.3 Å². The average Bonchev–Trinajstić information content (AvgIpc) is 3.08. The second kappa shape index (κ2) is 6.08. The maximum atomic E-state index is 12.9. The van der Waals surface area contributed by atoms with Gasteiger partial charge < -0.3 is 14.4 Å². The van der Waals surface area contributed by atoms with E-state index in [2.05, 4.69) is 10.1 Å². The first-order valence-electron chi connectivity index (χ1n) is 8.07. The highest BCUT2D eigenvalue weighted by atomic mass is 16.6. The van der Waals surface area contributed by atoms with Gasteiger partial charge in [0.1, 0.15) is 12.3 Å². The van der Waals surface area contributed by atoms with Crippen molar-refractivity contribution in [3.05, 3.63) is 54.0 Å². The molecule has 1 aliphatic rings. The summed E-state index contributed by atoms with van der Waals surface area (Å²) in [6, 6.07) is 11.1. The van der Waals surface area contributed by atoms with Crippen LogP contribution >= 0.6 is 0 Å². The average molecular weight is 338 g/mol. The number of hydrogen-bond donors (Lipinski definition) is 0. The molecule has 7 heteroatoms. The molecule has 25 heavy (non-hydrogen) atoms. The summed E-state index contributed by atoms with van der Waals surface area (Å²) in [6.45, 7) is 2.68. The van der Waals surface area contributed by atoms with E-state index in [1.54, 1.807) is 34.8 Å². The number of para-hydroxylation sites is 2. The van der Waals surface area contributed by atoms with Crippen molar-refractivity contribution >= 4 is 11.6 Å². The van der Waals surface area contributed by atoms with Crippen LogP contribution < -0.4 is 9.47 Å². The van der Waals surface area contributed by atoms with Crippen LogP contribution in [0.15, 0.2) is 42.6 Å². The van der Waals surface area contributed by atoms with Gasteiger partial charge in [0, 0.05) is 18.8 Å². The molecule has 0 saturated heterocycles. The van der Waals surface area contributed by atoms with Gasteiger partial charge in [0.05, 0.1) is 12.7 Å². The van der Waals surface area contributed by atoms with E-state index < -0.39 is 0 Å². The second-order valence-electron chi connectivity index (χ2n) is 6.07. The summed E-state index contributed by atoms with van der Waals surface area (Å²) < 4.78 is 13.2. The lowest BCUT2D eigenvalue weighted by Gasteiger charge is -2.29. The topological polar surface area (TPSA) is 69.0 Å². The molecular formula is C18H18N4O3. The molecule has 0 bridgehead atoms. The molecule has 1 amide bonds. The highest BCUT2D eigenvalue weighted by molar-refractivity contribution is 5.93. The maximum absolute atomic E-state index is 12.9. The van der Waals surface area contributed by atoms with E-state index in [1.165, 1.54) is 0 Å². The third-order valence-electron chi connectivity index (χ3n) is 4.10. The van der Waals surface area contributed by atoms with Gasteiger partial charge in [0.2, 0.25) is 0 Å². The summed E-state index contributed by atoms with van der Waals surface area (Å²) >= 11 is 0. The molecule has 1 aromatic carbocycles. The molecular weight excluding hydrogens is 320 g/mol. The van der Waals surface area contributed by atoms with Crippen LogP contribution in [-0.2, 0) is 0 Å². The number of nitrogens with zero attached hydrogens (tertiary/aromatic N) is 4. The number of aromatic nitrogens is 3. The Morgan fingerprint density at radius 2 is 2.12 bits per heavy atom. The van der Waals surface area contributed by atoms with Crippen LogP contribution in [0.5, 0.6) is 11.5 Å². The Hall–Kier alpha value is -3.09. The van der Waals surface area contributed by atoms with Crippen molar-refractivity contribution in [1.29, 1.82) is 0 Å². The van der Waals surface area contributed by atoms with Gasteiger partial charge in [-0.15, -0.1) is 0 Å². The Balaban J connectivity index is 1.52. The molecule has 1 aliphatic heterocycles. The highest BCUT2D eigenvalue weighted by Gasteiger charge is 2.25. The van der Waals surface area contributed by atoms with E-state index in [4.69, 9.17) is 9.47 Å². The summed E-state index contributed by atoms with van der Waals surface area (Å²) in [6.07, 6.45) is 1.41. The normalized spacial score (nSPS) is 16.0. The van der Waals surface area contributed by atoms with E-state index >= 15 is 0 Å². The third-order valence-corrected chi connectivity index (χ3v) is 4.10. The molecule has 0 aliphatic carbocycles. The Morgan fingerprint density at radius 1 is 1.32 bits per heavy atom. The number of hydrogen-bond acceptors (Lipinski definition) is 5. The van der Waals surface area contributed by atoms with Gasteiger partial charge in [-0.1, -0.05) is 12.1 Å². The fourth-order valence-electron chi connectivity index (χ4n) is 2.93. The van der Waals surface area contributed by atoms with Crippen molar-refractivity contribution in [2.45, 2.75) is 13.0 Å². The van der Waals surface area contributed by atoms with Crippen molar-refractivity contribution in [1.82, 2.24) is 19.5 Å². The minimum atomic E-state index is -0.222. The lowest BCUT2D eigenvalue weighted by atomic mass is 10.2. The standard InChI is InChI=1S/C18H18N4O3/c1-12-9-14(22-17(20-12)7-8-19-22)18(23)21(2)10-13-11-24-15-5-3-4-6-16(15)25-13/h3-9,13H,10-11H2,1-2H3. The molecule has 7 nitrogen and oxygen atoms in total. The predicted octanol–water partition coefficient (Wildman–Crippen LogP) is 1.95. The molecule has 128 valence electrons. The summed E-state index contributed by atoms with van der Waals surface area (Å²) in [5, 5.41) is 4.19. The van der Waals surface area contributed by atoms with Crippen LogP contribution in [0, 0.1) is 6.92 Å². The minimum Gasteiger partial charge on any atom is -0.486 e. The second-order valence-corrected chi connectivity index (χ2v) is 6.07. The zero-order chi connectivity index (χ0) is 17.4. The Labute approximate surface area is 144 Å². The van der Waals surface area contributed by atoms with Gasteiger partial charge in [0.25, 0.3) is 5.91 Å². The quantitative estimate of drug-likeness (QED) is 0.730. The molecule has 4 rings (SSSR count). The number of likely N-dealkylation sites (N-methyl/N-ethyl adjacent to an activating group) is 1. The van der Waals surface area contributed by atoms with Crippen LogP contribution in [0.4, 0.5) is 0 Å². The Bertz CT molecular complexity index is 937. The molecule has 1 atom stereocenters. The van der Waals surface area contributed by atoms with E-state index in [0.29, 0.717) is 30.2 Å². The number of ether oxygens (including phenoxy) is 2. The Kier molecular flexibility index (Phi) is 3.76. The molecule has 1 unspecified atom stereocenters. The molecule has 0 N–H and O–H groups in total. The van der Waals surface area contributed by atoms with Crippen LogP contribution in [0.2, 0.25) is 0 Å². The number of rotatable bonds is 3. The molecule has 0 saturated carbocycles. The molecule has 2 aromatic heterocycles. The summed E-state index contributed by atoms with van der Waals surface area (Å²) in [7, 11) is 1.75. The lowest BCUT2D eigenvalue weighted by Crippen LogP contribution is -2.42. The van der Waals surface area contributed by atoms with Crippen molar-refractivity contribution in [2.24, 2.45) is 0 Å². The summed E-state index contributed by atoms with van der Waals surface area (Å²) in [4.78, 5) is 18.9. The van der Waals surface area contributed by atoms with E-state index in [-0.39, 0.29) is 12.0 Å². The van der Waals surface area contributed by atoms with Crippen molar-refractivity contribution in [3.63, 3.8) is 0 Å². The van der Waals surface area contributed by atoms with Gasteiger partial charge in [-0.2, -0.15) is 5.10 Å². The first-order chi connectivity index (χ1) is 12.1. The lowest BCUT2D eigenvalue weighted by molar-refractivity contribution is 0.0515. The van der Waals surface area contributed by atoms with E-state index in [0.717, 1.165) is 11.4 Å². The van der Waals surface area contributed by atoms with Crippen molar-refractivity contribution < 1.29 is 14.3 Å². The number of benzene rings is 1. The number of aryl methyl sites for hydroxylation is 1. The van der Waals surface area contributed by atoms with Crippen molar-refractivity contribution in [3.8, 4) is 11.5 Å². The van der Waals surface area contributed by atoms with Gasteiger partial charge in [-0.25, -0.2) is 9.50 Å². The number of carbonyl (C=O) groups excluding carboxylic acids is 1. The molecule has 3 heterocycles. The first-order valence-corrected chi connectivity index (χ1v) is 8.07. The van der Waals surface area contributed by atoms with Crippen LogP contribution in [0.1, 0.15) is 16.2 Å². The van der Waals surface area contributed by atoms with E-state index in [9.17, 15) is 4.79 Å². The smallest absolute Gasteiger partial charge is 0.272 e. The Morgan fingerprint density at radius 3 is 2.96 bits per heavy atom. The molecule has 3 aromatic rings. The molecule has 0 fully saturated rings. The maximum Gasteiger partial charge on any atom is 0.272 e.